The summed E-state index contributed by atoms with van der Waals surface area (Å²) in [5.41, 5.74) is 0.104. The molecule has 4 unspecified atom stereocenters. The highest BCUT2D eigenvalue weighted by molar-refractivity contribution is 6.74. The number of ether oxygens (including phenoxy) is 2. The number of rotatable bonds is 3. The van der Waals surface area contributed by atoms with E-state index in [4.69, 9.17) is 13.9 Å². The lowest BCUT2D eigenvalue weighted by Crippen LogP contribution is -2.48. The van der Waals surface area contributed by atoms with Crippen molar-refractivity contribution in [3.8, 4) is 0 Å². The summed E-state index contributed by atoms with van der Waals surface area (Å²) in [5, 5.41) is 10.3. The molecule has 0 bridgehead atoms. The largest absolute Gasteiger partial charge is 0.414 e. The van der Waals surface area contributed by atoms with Gasteiger partial charge in [0.05, 0.1) is 19.3 Å². The number of aliphatic hydroxyl groups is 1. The molecular formula is C20H38O4Si. The monoisotopic (exact) mass is 370 g/mol. The lowest BCUT2D eigenvalue weighted by Gasteiger charge is -2.43. The van der Waals surface area contributed by atoms with Crippen LogP contribution >= 0.6 is 0 Å². The van der Waals surface area contributed by atoms with Crippen LogP contribution in [-0.2, 0) is 13.9 Å². The minimum atomic E-state index is -1.82. The summed E-state index contributed by atoms with van der Waals surface area (Å²) in [5.74, 6) is 0.829. The van der Waals surface area contributed by atoms with Crippen molar-refractivity contribution in [2.75, 3.05) is 19.8 Å². The van der Waals surface area contributed by atoms with Crippen LogP contribution in [0.15, 0.2) is 0 Å². The van der Waals surface area contributed by atoms with Gasteiger partial charge in [-0.1, -0.05) is 34.6 Å². The highest BCUT2D eigenvalue weighted by Gasteiger charge is 2.58. The van der Waals surface area contributed by atoms with Gasteiger partial charge in [0.1, 0.15) is 0 Å². The topological polar surface area (TPSA) is 47.9 Å². The standard InChI is InChI=1S/C20H38O4Si/c1-18(2,3)25(6,7)24-17-8-14-9-20(10-15(14)16(17)11-21)22-12-19(4,5)13-23-20/h14-17,21H,8-13H2,1-7H3. The molecule has 1 saturated heterocycles. The predicted octanol–water partition coefficient (Wildman–Crippen LogP) is 4.18. The summed E-state index contributed by atoms with van der Waals surface area (Å²) >= 11 is 0. The predicted molar refractivity (Wildman–Crippen MR) is 102 cm³/mol. The fourth-order valence-electron chi connectivity index (χ4n) is 4.58. The van der Waals surface area contributed by atoms with E-state index in [-0.39, 0.29) is 29.1 Å². The molecule has 0 aromatic carbocycles. The Morgan fingerprint density at radius 1 is 1.12 bits per heavy atom. The lowest BCUT2D eigenvalue weighted by atomic mass is 9.91. The number of hydrogen-bond donors (Lipinski definition) is 1. The Morgan fingerprint density at radius 2 is 1.72 bits per heavy atom. The summed E-state index contributed by atoms with van der Waals surface area (Å²) in [6, 6.07) is 0. The molecule has 2 saturated carbocycles. The first-order valence-corrected chi connectivity index (χ1v) is 12.9. The Hall–Kier alpha value is 0.0569. The molecule has 0 amide bonds. The van der Waals surface area contributed by atoms with Gasteiger partial charge >= 0.3 is 0 Å². The maximum atomic E-state index is 10.1. The zero-order valence-corrected chi connectivity index (χ0v) is 18.2. The van der Waals surface area contributed by atoms with Gasteiger partial charge in [-0.15, -0.1) is 0 Å². The smallest absolute Gasteiger partial charge is 0.192 e. The molecule has 25 heavy (non-hydrogen) atoms. The molecule has 1 spiro atoms. The molecule has 1 heterocycles. The van der Waals surface area contributed by atoms with Crippen molar-refractivity contribution < 1.29 is 19.0 Å². The molecule has 0 radical (unpaired) electrons. The third-order valence-corrected chi connectivity index (χ3v) is 11.7. The second-order valence-corrected chi connectivity index (χ2v) is 15.7. The molecule has 3 fully saturated rings. The molecule has 4 nitrogen and oxygen atoms in total. The second kappa shape index (κ2) is 6.30. The molecule has 4 atom stereocenters. The van der Waals surface area contributed by atoms with E-state index in [1.807, 2.05) is 0 Å². The minimum Gasteiger partial charge on any atom is -0.414 e. The van der Waals surface area contributed by atoms with E-state index in [2.05, 4.69) is 47.7 Å². The summed E-state index contributed by atoms with van der Waals surface area (Å²) < 4.78 is 19.2. The first-order chi connectivity index (χ1) is 11.4. The van der Waals surface area contributed by atoms with E-state index in [1.54, 1.807) is 0 Å². The van der Waals surface area contributed by atoms with Crippen LogP contribution in [0.25, 0.3) is 0 Å². The van der Waals surface area contributed by atoms with Crippen LogP contribution in [-0.4, -0.2) is 45.1 Å². The number of fused-ring (bicyclic) bond motifs is 1. The van der Waals surface area contributed by atoms with Gasteiger partial charge < -0.3 is 19.0 Å². The fraction of sp³-hybridized carbons (Fsp3) is 1.00. The number of hydrogen-bond acceptors (Lipinski definition) is 4. The van der Waals surface area contributed by atoms with Crippen molar-refractivity contribution in [1.29, 1.82) is 0 Å². The lowest BCUT2D eigenvalue weighted by molar-refractivity contribution is -0.298. The molecule has 2 aliphatic carbocycles. The Bertz CT molecular complexity index is 486. The zero-order chi connectivity index (χ0) is 18.7. The van der Waals surface area contributed by atoms with Gasteiger partial charge in [0.15, 0.2) is 14.1 Å². The van der Waals surface area contributed by atoms with Crippen LogP contribution in [0, 0.1) is 23.2 Å². The molecule has 146 valence electrons. The Balaban J connectivity index is 1.68. The maximum Gasteiger partial charge on any atom is 0.192 e. The summed E-state index contributed by atoms with van der Waals surface area (Å²) in [6.07, 6.45) is 3.11. The van der Waals surface area contributed by atoms with E-state index in [1.165, 1.54) is 0 Å². The third-order valence-electron chi connectivity index (χ3n) is 7.20. The average Bonchev–Trinajstić information content (AvgIpc) is 2.95. The van der Waals surface area contributed by atoms with Crippen LogP contribution in [0.1, 0.15) is 53.9 Å². The Morgan fingerprint density at radius 3 is 2.24 bits per heavy atom. The SMILES string of the molecule is CC1(C)COC2(CC3CC(O[Si](C)(C)C(C)(C)C)C(CO)C3C2)OC1. The molecule has 5 heteroatoms. The molecule has 3 aliphatic rings. The van der Waals surface area contributed by atoms with Crippen molar-refractivity contribution >= 4 is 8.32 Å². The van der Waals surface area contributed by atoms with Gasteiger partial charge in [0, 0.05) is 30.8 Å². The highest BCUT2D eigenvalue weighted by Crippen LogP contribution is 2.56. The minimum absolute atomic E-state index is 0.104. The van der Waals surface area contributed by atoms with Crippen molar-refractivity contribution in [3.63, 3.8) is 0 Å². The van der Waals surface area contributed by atoms with Crippen molar-refractivity contribution in [1.82, 2.24) is 0 Å². The van der Waals surface area contributed by atoms with Gasteiger partial charge in [-0.3, -0.25) is 0 Å². The van der Waals surface area contributed by atoms with Crippen molar-refractivity contribution in [2.24, 2.45) is 23.2 Å². The van der Waals surface area contributed by atoms with Crippen LogP contribution in [0.2, 0.25) is 18.1 Å². The molecule has 3 rings (SSSR count). The van der Waals surface area contributed by atoms with Gasteiger partial charge in [-0.05, 0) is 36.4 Å². The second-order valence-electron chi connectivity index (χ2n) is 11.0. The normalized spacial score (nSPS) is 37.4. The third kappa shape index (κ3) is 3.72. The van der Waals surface area contributed by atoms with Gasteiger partial charge in [-0.25, -0.2) is 0 Å². The van der Waals surface area contributed by atoms with Crippen LogP contribution in [0.4, 0.5) is 0 Å². The summed E-state index contributed by atoms with van der Waals surface area (Å²) in [4.78, 5) is 0. The zero-order valence-electron chi connectivity index (χ0n) is 17.2. The first kappa shape index (κ1) is 19.8. The average molecular weight is 371 g/mol. The highest BCUT2D eigenvalue weighted by atomic mass is 28.4. The Labute approximate surface area is 154 Å². The first-order valence-electron chi connectivity index (χ1n) is 9.95. The van der Waals surface area contributed by atoms with Crippen LogP contribution in [0.5, 0.6) is 0 Å². The molecular weight excluding hydrogens is 332 g/mol. The maximum absolute atomic E-state index is 10.1. The summed E-state index contributed by atoms with van der Waals surface area (Å²) in [7, 11) is -1.82. The fourth-order valence-corrected chi connectivity index (χ4v) is 5.97. The molecule has 1 N–H and O–H groups in total. The van der Waals surface area contributed by atoms with E-state index in [0.29, 0.717) is 11.8 Å². The van der Waals surface area contributed by atoms with Crippen molar-refractivity contribution in [3.05, 3.63) is 0 Å². The Kier molecular flexibility index (Phi) is 4.99. The summed E-state index contributed by atoms with van der Waals surface area (Å²) in [6.45, 7) is 17.6. The molecule has 0 aromatic heterocycles. The van der Waals surface area contributed by atoms with Gasteiger partial charge in [0.2, 0.25) is 0 Å². The van der Waals surface area contributed by atoms with Crippen molar-refractivity contribution in [2.45, 2.75) is 83.9 Å². The van der Waals surface area contributed by atoms with Crippen LogP contribution < -0.4 is 0 Å². The quantitative estimate of drug-likeness (QED) is 0.757. The molecule has 1 aliphatic heterocycles. The van der Waals surface area contributed by atoms with E-state index < -0.39 is 14.1 Å². The van der Waals surface area contributed by atoms with Gasteiger partial charge in [-0.2, -0.15) is 0 Å². The van der Waals surface area contributed by atoms with E-state index >= 15 is 0 Å². The van der Waals surface area contributed by atoms with Crippen LogP contribution in [0.3, 0.4) is 0 Å². The number of aliphatic hydroxyl groups excluding tert-OH is 1. The van der Waals surface area contributed by atoms with E-state index in [0.717, 1.165) is 32.5 Å². The molecule has 0 aromatic rings. The van der Waals surface area contributed by atoms with E-state index in [9.17, 15) is 5.11 Å². The van der Waals surface area contributed by atoms with Gasteiger partial charge in [0.25, 0.3) is 0 Å².